The highest BCUT2D eigenvalue weighted by molar-refractivity contribution is 6.33. The summed E-state index contributed by atoms with van der Waals surface area (Å²) in [6.07, 6.45) is 2.01. The summed E-state index contributed by atoms with van der Waals surface area (Å²) >= 11 is 6.19. The molecule has 0 aliphatic heterocycles. The van der Waals surface area contributed by atoms with Gasteiger partial charge in [0.1, 0.15) is 0 Å². The van der Waals surface area contributed by atoms with E-state index >= 15 is 0 Å². The maximum atomic E-state index is 8.97. The molecule has 0 saturated carbocycles. The third kappa shape index (κ3) is 2.31. The first-order chi connectivity index (χ1) is 9.67. The Bertz CT molecular complexity index is 703. The Balaban J connectivity index is 1.89. The SMILES string of the molecule is N#Cc1ccc(Cl)c(NC2CCc3cc(N)ccc32)c1. The Labute approximate surface area is 123 Å². The van der Waals surface area contributed by atoms with Crippen molar-refractivity contribution in [3.63, 3.8) is 0 Å². The van der Waals surface area contributed by atoms with Gasteiger partial charge in [-0.2, -0.15) is 5.26 Å². The van der Waals surface area contributed by atoms with E-state index < -0.39 is 0 Å². The van der Waals surface area contributed by atoms with Crippen LogP contribution in [0.2, 0.25) is 5.02 Å². The van der Waals surface area contributed by atoms with Crippen molar-refractivity contribution >= 4 is 23.0 Å². The molecule has 20 heavy (non-hydrogen) atoms. The molecular formula is C16H14ClN3. The number of hydrogen-bond donors (Lipinski definition) is 2. The zero-order valence-corrected chi connectivity index (χ0v) is 11.6. The molecule has 0 fully saturated rings. The number of aryl methyl sites for hydroxylation is 1. The van der Waals surface area contributed by atoms with Crippen molar-refractivity contribution in [3.05, 3.63) is 58.1 Å². The standard InChI is InChI=1S/C16H14ClN3/c17-14-5-1-10(9-18)7-16(14)20-15-6-2-11-8-12(19)3-4-13(11)15/h1,3-5,7-8,15,20H,2,6,19H2. The minimum Gasteiger partial charge on any atom is -0.399 e. The monoisotopic (exact) mass is 283 g/mol. The van der Waals surface area contributed by atoms with Crippen LogP contribution >= 0.6 is 11.6 Å². The number of nitrogens with one attached hydrogen (secondary N) is 1. The smallest absolute Gasteiger partial charge is 0.0992 e. The molecular weight excluding hydrogens is 270 g/mol. The highest BCUT2D eigenvalue weighted by atomic mass is 35.5. The number of fused-ring (bicyclic) bond motifs is 1. The Kier molecular flexibility index (Phi) is 3.25. The van der Waals surface area contributed by atoms with E-state index in [4.69, 9.17) is 22.6 Å². The van der Waals surface area contributed by atoms with Gasteiger partial charge in [-0.15, -0.1) is 0 Å². The fourth-order valence-corrected chi connectivity index (χ4v) is 2.85. The van der Waals surface area contributed by atoms with Gasteiger partial charge in [0.05, 0.1) is 28.4 Å². The van der Waals surface area contributed by atoms with Crippen LogP contribution in [0, 0.1) is 11.3 Å². The van der Waals surface area contributed by atoms with Gasteiger partial charge >= 0.3 is 0 Å². The Morgan fingerprint density at radius 1 is 1.25 bits per heavy atom. The molecule has 0 bridgehead atoms. The Hall–Kier alpha value is -2.18. The molecule has 100 valence electrons. The number of nitrogens with two attached hydrogens (primary N) is 1. The first kappa shape index (κ1) is 12.8. The number of nitrogen functional groups attached to an aromatic ring is 1. The molecule has 0 heterocycles. The molecule has 1 aliphatic rings. The van der Waals surface area contributed by atoms with Gasteiger partial charge < -0.3 is 11.1 Å². The lowest BCUT2D eigenvalue weighted by Crippen LogP contribution is -2.07. The van der Waals surface area contributed by atoms with Gasteiger partial charge in [0.2, 0.25) is 0 Å². The molecule has 0 radical (unpaired) electrons. The predicted molar refractivity (Wildman–Crippen MR) is 81.7 cm³/mol. The summed E-state index contributed by atoms with van der Waals surface area (Å²) in [6, 6.07) is 13.6. The molecule has 1 aliphatic carbocycles. The molecule has 3 N–H and O–H groups in total. The van der Waals surface area contributed by atoms with Gasteiger partial charge in [-0.1, -0.05) is 17.7 Å². The van der Waals surface area contributed by atoms with Crippen LogP contribution in [0.1, 0.15) is 29.2 Å². The van der Waals surface area contributed by atoms with Crippen LogP contribution in [0.4, 0.5) is 11.4 Å². The lowest BCUT2D eigenvalue weighted by Gasteiger charge is -2.17. The highest BCUT2D eigenvalue weighted by Crippen LogP contribution is 2.36. The number of nitriles is 1. The van der Waals surface area contributed by atoms with E-state index in [0.29, 0.717) is 10.6 Å². The molecule has 4 heteroatoms. The summed E-state index contributed by atoms with van der Waals surface area (Å²) < 4.78 is 0. The van der Waals surface area contributed by atoms with E-state index in [-0.39, 0.29) is 6.04 Å². The van der Waals surface area contributed by atoms with Crippen LogP contribution in [0.5, 0.6) is 0 Å². The summed E-state index contributed by atoms with van der Waals surface area (Å²) in [6.45, 7) is 0. The van der Waals surface area contributed by atoms with Crippen molar-refractivity contribution in [2.45, 2.75) is 18.9 Å². The lowest BCUT2D eigenvalue weighted by atomic mass is 10.1. The normalized spacial score (nSPS) is 16.5. The second-order valence-corrected chi connectivity index (χ2v) is 5.41. The van der Waals surface area contributed by atoms with Crippen molar-refractivity contribution in [2.75, 3.05) is 11.1 Å². The number of anilines is 2. The molecule has 3 rings (SSSR count). The van der Waals surface area contributed by atoms with Crippen LogP contribution in [-0.2, 0) is 6.42 Å². The molecule has 1 unspecified atom stereocenters. The van der Waals surface area contributed by atoms with E-state index in [1.54, 1.807) is 18.2 Å². The third-order valence-electron chi connectivity index (χ3n) is 3.67. The minimum atomic E-state index is 0.219. The number of halogens is 1. The summed E-state index contributed by atoms with van der Waals surface area (Å²) in [4.78, 5) is 0. The fourth-order valence-electron chi connectivity index (χ4n) is 2.68. The number of benzene rings is 2. The van der Waals surface area contributed by atoms with Gasteiger partial charge in [-0.25, -0.2) is 0 Å². The van der Waals surface area contributed by atoms with Crippen molar-refractivity contribution in [1.29, 1.82) is 5.26 Å². The van der Waals surface area contributed by atoms with E-state index in [0.717, 1.165) is 24.2 Å². The molecule has 0 aromatic heterocycles. The second-order valence-electron chi connectivity index (χ2n) is 5.00. The molecule has 2 aromatic rings. The quantitative estimate of drug-likeness (QED) is 0.822. The minimum absolute atomic E-state index is 0.219. The first-order valence-electron chi connectivity index (χ1n) is 6.52. The Morgan fingerprint density at radius 3 is 2.90 bits per heavy atom. The predicted octanol–water partition coefficient (Wildman–Crippen LogP) is 3.89. The summed E-state index contributed by atoms with van der Waals surface area (Å²) in [5.41, 5.74) is 10.6. The van der Waals surface area contributed by atoms with Crippen molar-refractivity contribution < 1.29 is 0 Å². The van der Waals surface area contributed by atoms with E-state index in [1.807, 2.05) is 12.1 Å². The van der Waals surface area contributed by atoms with Gasteiger partial charge in [0.25, 0.3) is 0 Å². The largest absolute Gasteiger partial charge is 0.399 e. The number of rotatable bonds is 2. The van der Waals surface area contributed by atoms with Crippen molar-refractivity contribution in [3.8, 4) is 6.07 Å². The Morgan fingerprint density at radius 2 is 2.10 bits per heavy atom. The zero-order chi connectivity index (χ0) is 14.1. The maximum absolute atomic E-state index is 8.97. The van der Waals surface area contributed by atoms with Gasteiger partial charge in [0.15, 0.2) is 0 Å². The first-order valence-corrected chi connectivity index (χ1v) is 6.89. The van der Waals surface area contributed by atoms with E-state index in [2.05, 4.69) is 17.5 Å². The lowest BCUT2D eigenvalue weighted by molar-refractivity contribution is 0.762. The fraction of sp³-hybridized carbons (Fsp3) is 0.188. The molecule has 0 saturated heterocycles. The molecule has 0 amide bonds. The maximum Gasteiger partial charge on any atom is 0.0992 e. The van der Waals surface area contributed by atoms with Crippen LogP contribution in [0.15, 0.2) is 36.4 Å². The van der Waals surface area contributed by atoms with Crippen LogP contribution in [0.3, 0.4) is 0 Å². The van der Waals surface area contributed by atoms with E-state index in [9.17, 15) is 0 Å². The average Bonchev–Trinajstić information content (AvgIpc) is 2.83. The van der Waals surface area contributed by atoms with Gasteiger partial charge in [-0.05, 0) is 54.3 Å². The van der Waals surface area contributed by atoms with Crippen LogP contribution in [-0.4, -0.2) is 0 Å². The van der Waals surface area contributed by atoms with Crippen LogP contribution in [0.25, 0.3) is 0 Å². The third-order valence-corrected chi connectivity index (χ3v) is 4.00. The van der Waals surface area contributed by atoms with E-state index in [1.165, 1.54) is 11.1 Å². The van der Waals surface area contributed by atoms with Crippen molar-refractivity contribution in [1.82, 2.24) is 0 Å². The summed E-state index contributed by atoms with van der Waals surface area (Å²) in [5.74, 6) is 0. The average molecular weight is 284 g/mol. The molecule has 2 aromatic carbocycles. The van der Waals surface area contributed by atoms with Crippen LogP contribution < -0.4 is 11.1 Å². The summed E-state index contributed by atoms with van der Waals surface area (Å²) in [5, 5.41) is 13.0. The van der Waals surface area contributed by atoms with Gasteiger partial charge in [-0.3, -0.25) is 0 Å². The molecule has 0 spiro atoms. The number of nitrogens with zero attached hydrogens (tertiary/aromatic N) is 1. The second kappa shape index (κ2) is 5.07. The molecule has 3 nitrogen and oxygen atoms in total. The van der Waals surface area contributed by atoms with Crippen molar-refractivity contribution in [2.24, 2.45) is 0 Å². The molecule has 1 atom stereocenters. The topological polar surface area (TPSA) is 61.8 Å². The summed E-state index contributed by atoms with van der Waals surface area (Å²) in [7, 11) is 0. The van der Waals surface area contributed by atoms with Gasteiger partial charge in [0, 0.05) is 5.69 Å². The number of hydrogen-bond acceptors (Lipinski definition) is 3. The zero-order valence-electron chi connectivity index (χ0n) is 10.9. The highest BCUT2D eigenvalue weighted by Gasteiger charge is 2.22.